The molecule has 0 fully saturated rings. The number of hydrogen-bond acceptors (Lipinski definition) is 7. The Morgan fingerprint density at radius 2 is 1.76 bits per heavy atom. The summed E-state index contributed by atoms with van der Waals surface area (Å²) in [7, 11) is 0. The number of rotatable bonds is 7. The highest BCUT2D eigenvalue weighted by atomic mass is 127. The van der Waals surface area contributed by atoms with E-state index < -0.39 is 12.0 Å². The van der Waals surface area contributed by atoms with Gasteiger partial charge >= 0.3 is 5.97 Å². The minimum Gasteiger partial charge on any atom is -0.463 e. The fourth-order valence-corrected chi connectivity index (χ4v) is 6.62. The third-order valence-electron chi connectivity index (χ3n) is 6.83. The molecular formula is C33H25IN2O4S2. The van der Waals surface area contributed by atoms with Crippen molar-refractivity contribution in [3.63, 3.8) is 0 Å². The minimum atomic E-state index is -0.715. The fraction of sp³-hybridized carbons (Fsp3) is 0.121. The van der Waals surface area contributed by atoms with Crippen molar-refractivity contribution >= 4 is 63.4 Å². The highest BCUT2D eigenvalue weighted by molar-refractivity contribution is 14.1. The Labute approximate surface area is 264 Å². The number of ether oxygens (including phenoxy) is 1. The lowest BCUT2D eigenvalue weighted by Crippen LogP contribution is -2.40. The average molecular weight is 705 g/mol. The first-order chi connectivity index (χ1) is 20.5. The van der Waals surface area contributed by atoms with Crippen LogP contribution in [0, 0.1) is 3.57 Å². The Kier molecular flexibility index (Phi) is 8.32. The number of furan rings is 1. The van der Waals surface area contributed by atoms with Crippen LogP contribution >= 0.6 is 45.7 Å². The molecule has 0 spiro atoms. The van der Waals surface area contributed by atoms with Gasteiger partial charge in [-0.1, -0.05) is 65.9 Å². The highest BCUT2D eigenvalue weighted by Crippen LogP contribution is 2.35. The summed E-state index contributed by atoms with van der Waals surface area (Å²) < 4.78 is 14.8. The third kappa shape index (κ3) is 5.56. The molecule has 0 saturated heterocycles. The van der Waals surface area contributed by atoms with Crippen LogP contribution in [0.2, 0.25) is 0 Å². The standard InChI is InChI=1S/C33H25IN2O4S2/c1-3-39-32(38)28-29(21-7-5-4-6-8-21)35-33-36(30(28)22-11-16-25(41-2)17-12-22)31(37)27(42-33)19-24-15-18-26(40-24)20-9-13-23(34)14-10-20/h4-19,30H,3H2,1-2H3/b27-19-/t30-/m1/s1. The summed E-state index contributed by atoms with van der Waals surface area (Å²) in [5, 5.41) is 0. The molecule has 210 valence electrons. The van der Waals surface area contributed by atoms with Gasteiger partial charge in [-0.3, -0.25) is 9.36 Å². The van der Waals surface area contributed by atoms with Crippen molar-refractivity contribution in [3.05, 3.63) is 137 Å². The molecule has 0 N–H and O–H groups in total. The lowest BCUT2D eigenvalue weighted by Gasteiger charge is -2.26. The van der Waals surface area contributed by atoms with E-state index in [0.717, 1.165) is 25.2 Å². The minimum absolute atomic E-state index is 0.203. The zero-order valence-corrected chi connectivity index (χ0v) is 26.5. The van der Waals surface area contributed by atoms with Gasteiger partial charge in [0, 0.05) is 25.7 Å². The Bertz CT molecular complexity index is 1970. The quantitative estimate of drug-likeness (QED) is 0.110. The second-order valence-corrected chi connectivity index (χ2v) is 12.5. The molecule has 5 aromatic rings. The number of carbonyl (C=O) groups is 1. The van der Waals surface area contributed by atoms with Gasteiger partial charge in [0.1, 0.15) is 11.5 Å². The average Bonchev–Trinajstić information content (AvgIpc) is 3.61. The molecule has 3 heterocycles. The summed E-state index contributed by atoms with van der Waals surface area (Å²) in [4.78, 5) is 34.1. The normalized spacial score (nSPS) is 14.9. The van der Waals surface area contributed by atoms with E-state index in [0.29, 0.717) is 32.1 Å². The van der Waals surface area contributed by atoms with Crippen molar-refractivity contribution < 1.29 is 13.9 Å². The van der Waals surface area contributed by atoms with Gasteiger partial charge in [-0.15, -0.1) is 11.8 Å². The zero-order chi connectivity index (χ0) is 29.2. The molecule has 9 heteroatoms. The van der Waals surface area contributed by atoms with Gasteiger partial charge in [0.2, 0.25) is 0 Å². The van der Waals surface area contributed by atoms with Crippen molar-refractivity contribution in [1.29, 1.82) is 0 Å². The summed E-state index contributed by atoms with van der Waals surface area (Å²) in [6, 6.07) is 28.5. The molecule has 1 atom stereocenters. The van der Waals surface area contributed by atoms with Gasteiger partial charge in [-0.05, 0) is 77.7 Å². The fourth-order valence-electron chi connectivity index (χ4n) is 4.87. The maximum Gasteiger partial charge on any atom is 0.338 e. The van der Waals surface area contributed by atoms with E-state index in [2.05, 4.69) is 22.6 Å². The number of benzene rings is 3. The highest BCUT2D eigenvalue weighted by Gasteiger charge is 2.35. The summed E-state index contributed by atoms with van der Waals surface area (Å²) in [5.74, 6) is 0.775. The van der Waals surface area contributed by atoms with Crippen molar-refractivity contribution in [1.82, 2.24) is 4.57 Å². The number of esters is 1. The van der Waals surface area contributed by atoms with Crippen LogP contribution in [0.1, 0.15) is 29.9 Å². The monoisotopic (exact) mass is 704 g/mol. The van der Waals surface area contributed by atoms with Gasteiger partial charge in [0.05, 0.1) is 28.5 Å². The number of hydrogen-bond donors (Lipinski definition) is 0. The Hall–Kier alpha value is -3.67. The van der Waals surface area contributed by atoms with Crippen molar-refractivity contribution in [3.8, 4) is 11.3 Å². The molecule has 0 bridgehead atoms. The van der Waals surface area contributed by atoms with E-state index in [-0.39, 0.29) is 12.2 Å². The first kappa shape index (κ1) is 28.4. The molecule has 0 amide bonds. The topological polar surface area (TPSA) is 73.8 Å². The van der Waals surface area contributed by atoms with Gasteiger partial charge in [0.25, 0.3) is 5.56 Å². The number of thioether (sulfide) groups is 1. The second-order valence-electron chi connectivity index (χ2n) is 9.41. The number of carbonyl (C=O) groups excluding carboxylic acids is 1. The summed E-state index contributed by atoms with van der Waals surface area (Å²) in [6.45, 7) is 1.97. The largest absolute Gasteiger partial charge is 0.463 e. The molecule has 6 nitrogen and oxygen atoms in total. The zero-order valence-electron chi connectivity index (χ0n) is 22.7. The van der Waals surface area contributed by atoms with Crippen LogP contribution in [0.4, 0.5) is 0 Å². The molecule has 1 aliphatic rings. The first-order valence-corrected chi connectivity index (χ1v) is 16.4. The number of aromatic nitrogens is 1. The van der Waals surface area contributed by atoms with E-state index in [1.165, 1.54) is 11.3 Å². The van der Waals surface area contributed by atoms with Gasteiger partial charge in [-0.25, -0.2) is 9.79 Å². The summed E-state index contributed by atoms with van der Waals surface area (Å²) in [5.41, 5.74) is 3.11. The van der Waals surface area contributed by atoms with Crippen LogP contribution in [0.5, 0.6) is 0 Å². The predicted octanol–water partition coefficient (Wildman–Crippen LogP) is 6.52. The van der Waals surface area contributed by atoms with Crippen molar-refractivity contribution in [2.75, 3.05) is 12.9 Å². The van der Waals surface area contributed by atoms with Crippen LogP contribution in [0.25, 0.3) is 23.1 Å². The maximum absolute atomic E-state index is 14.1. The van der Waals surface area contributed by atoms with Crippen LogP contribution < -0.4 is 14.9 Å². The summed E-state index contributed by atoms with van der Waals surface area (Å²) >= 11 is 5.17. The molecule has 0 saturated carbocycles. The molecule has 3 aromatic carbocycles. The molecule has 6 rings (SSSR count). The van der Waals surface area contributed by atoms with Gasteiger partial charge in [-0.2, -0.15) is 0 Å². The maximum atomic E-state index is 14.1. The Balaban J connectivity index is 1.55. The van der Waals surface area contributed by atoms with Crippen LogP contribution in [0.15, 0.2) is 116 Å². The molecule has 2 aromatic heterocycles. The van der Waals surface area contributed by atoms with Crippen LogP contribution in [-0.2, 0) is 9.53 Å². The van der Waals surface area contributed by atoms with Gasteiger partial charge in [0.15, 0.2) is 4.80 Å². The second kappa shape index (κ2) is 12.3. The Morgan fingerprint density at radius 3 is 2.45 bits per heavy atom. The molecular weight excluding hydrogens is 679 g/mol. The van der Waals surface area contributed by atoms with E-state index in [1.807, 2.05) is 97.3 Å². The van der Waals surface area contributed by atoms with Crippen LogP contribution in [-0.4, -0.2) is 23.4 Å². The lowest BCUT2D eigenvalue weighted by molar-refractivity contribution is -0.138. The number of halogens is 1. The molecule has 1 aliphatic heterocycles. The first-order valence-electron chi connectivity index (χ1n) is 13.2. The number of fused-ring (bicyclic) bond motifs is 1. The predicted molar refractivity (Wildman–Crippen MR) is 176 cm³/mol. The smallest absolute Gasteiger partial charge is 0.338 e. The molecule has 0 radical (unpaired) electrons. The van der Waals surface area contributed by atoms with Crippen LogP contribution in [0.3, 0.4) is 0 Å². The summed E-state index contributed by atoms with van der Waals surface area (Å²) in [6.07, 6.45) is 3.75. The van der Waals surface area contributed by atoms with Crippen molar-refractivity contribution in [2.24, 2.45) is 4.99 Å². The Morgan fingerprint density at radius 1 is 1.02 bits per heavy atom. The number of thiazole rings is 1. The molecule has 0 aliphatic carbocycles. The third-order valence-corrected chi connectivity index (χ3v) is 9.28. The van der Waals surface area contributed by atoms with E-state index in [4.69, 9.17) is 14.1 Å². The van der Waals surface area contributed by atoms with Gasteiger partial charge < -0.3 is 9.15 Å². The molecule has 42 heavy (non-hydrogen) atoms. The van der Waals surface area contributed by atoms with E-state index in [9.17, 15) is 9.59 Å². The lowest BCUT2D eigenvalue weighted by atomic mass is 9.93. The van der Waals surface area contributed by atoms with Crippen molar-refractivity contribution in [2.45, 2.75) is 17.9 Å². The van der Waals surface area contributed by atoms with E-state index >= 15 is 0 Å². The SMILES string of the molecule is CCOC(=O)C1=C(c2ccccc2)N=c2s/c(=C\c3ccc(-c4ccc(I)cc4)o3)c(=O)n2[C@@H]1c1ccc(SC)cc1. The van der Waals surface area contributed by atoms with E-state index in [1.54, 1.807) is 29.3 Å². The number of nitrogens with zero attached hydrogens (tertiary/aromatic N) is 2. The molecule has 0 unspecified atom stereocenters.